The maximum Gasteiger partial charge on any atom is 0.306 e. The number of hydrogen-bond donors (Lipinski definition) is 1. The summed E-state index contributed by atoms with van der Waals surface area (Å²) in [7, 11) is 5.80. The molecule has 0 aliphatic heterocycles. The molecule has 6 nitrogen and oxygen atoms in total. The number of aliphatic carboxylic acids is 1. The van der Waals surface area contributed by atoms with Crippen molar-refractivity contribution >= 4 is 11.9 Å². The predicted octanol–water partition coefficient (Wildman–Crippen LogP) is 3.20. The first-order valence-electron chi connectivity index (χ1n) is 11.5. The predicted molar refractivity (Wildman–Crippen MR) is 114 cm³/mol. The number of likely N-dealkylation sites (N-methyl/N-ethyl adjacent to an activating group) is 1. The van der Waals surface area contributed by atoms with Gasteiger partial charge in [0.05, 0.1) is 27.2 Å². The minimum absolute atomic E-state index is 0.134. The van der Waals surface area contributed by atoms with Crippen LogP contribution in [0.5, 0.6) is 0 Å². The summed E-state index contributed by atoms with van der Waals surface area (Å²) >= 11 is 0. The summed E-state index contributed by atoms with van der Waals surface area (Å²) in [6.45, 7) is 2.63. The van der Waals surface area contributed by atoms with Crippen LogP contribution in [0.3, 0.4) is 0 Å². The number of carbonyl (C=O) groups excluding carboxylic acids is 2. The van der Waals surface area contributed by atoms with Gasteiger partial charge in [-0.25, -0.2) is 0 Å². The number of unbranched alkanes of at least 4 members (excludes halogenated alkanes) is 8. The van der Waals surface area contributed by atoms with E-state index in [9.17, 15) is 19.8 Å². The van der Waals surface area contributed by atoms with Crippen LogP contribution in [0, 0.1) is 0 Å². The Morgan fingerprint density at radius 2 is 1.41 bits per heavy atom. The van der Waals surface area contributed by atoms with E-state index in [0.717, 1.165) is 57.8 Å². The Kier molecular flexibility index (Phi) is 16.0. The van der Waals surface area contributed by atoms with E-state index in [1.54, 1.807) is 0 Å². The third kappa shape index (κ3) is 19.9. The number of carboxylic acids is 1. The van der Waals surface area contributed by atoms with E-state index in [4.69, 9.17) is 4.74 Å². The molecule has 0 aromatic rings. The Balaban J connectivity index is 3.71. The quantitative estimate of drug-likeness (QED) is 0.199. The molecule has 0 heterocycles. The summed E-state index contributed by atoms with van der Waals surface area (Å²) in [5.41, 5.74) is 0. The summed E-state index contributed by atoms with van der Waals surface area (Å²) in [6.07, 6.45) is 12.1. The van der Waals surface area contributed by atoms with Crippen LogP contribution < -0.4 is 5.11 Å². The van der Waals surface area contributed by atoms with E-state index in [1.165, 1.54) is 19.3 Å². The Labute approximate surface area is 178 Å². The molecule has 0 amide bonds. The van der Waals surface area contributed by atoms with E-state index in [0.29, 0.717) is 17.4 Å². The van der Waals surface area contributed by atoms with Crippen molar-refractivity contribution in [3.63, 3.8) is 0 Å². The zero-order chi connectivity index (χ0) is 22.1. The first kappa shape index (κ1) is 27.9. The van der Waals surface area contributed by atoms with E-state index >= 15 is 0 Å². The van der Waals surface area contributed by atoms with Crippen LogP contribution in [-0.4, -0.2) is 61.4 Å². The molecule has 0 saturated heterocycles. The summed E-state index contributed by atoms with van der Waals surface area (Å²) in [5, 5.41) is 20.7. The minimum Gasteiger partial charge on any atom is -0.550 e. The molecule has 0 aliphatic rings. The molecule has 2 unspecified atom stereocenters. The van der Waals surface area contributed by atoms with Crippen LogP contribution in [0.2, 0.25) is 0 Å². The standard InChI is InChI=1S/C23H45NO5/c1-5-6-12-15-20(25)16-13-10-8-7-9-11-14-17-23(28)29-21(18-22(26)27)19-24(2,3)4/h20-21,25H,5-19H2,1-4H3. The summed E-state index contributed by atoms with van der Waals surface area (Å²) in [4.78, 5) is 22.8. The smallest absolute Gasteiger partial charge is 0.306 e. The van der Waals surface area contributed by atoms with Crippen molar-refractivity contribution in [2.24, 2.45) is 0 Å². The first-order valence-corrected chi connectivity index (χ1v) is 11.5. The summed E-state index contributed by atoms with van der Waals surface area (Å²) in [5.74, 6) is -1.51. The largest absolute Gasteiger partial charge is 0.550 e. The third-order valence-corrected chi connectivity index (χ3v) is 5.00. The number of esters is 1. The molecule has 0 aromatic carbocycles. The van der Waals surface area contributed by atoms with Crippen LogP contribution >= 0.6 is 0 Å². The van der Waals surface area contributed by atoms with Gasteiger partial charge >= 0.3 is 5.97 Å². The minimum atomic E-state index is -1.19. The van der Waals surface area contributed by atoms with Crippen molar-refractivity contribution in [3.05, 3.63) is 0 Å². The third-order valence-electron chi connectivity index (χ3n) is 5.00. The number of ether oxygens (including phenoxy) is 1. The van der Waals surface area contributed by atoms with Gasteiger partial charge in [0.1, 0.15) is 6.54 Å². The van der Waals surface area contributed by atoms with Crippen molar-refractivity contribution in [1.29, 1.82) is 0 Å². The van der Waals surface area contributed by atoms with Gasteiger partial charge in [-0.05, 0) is 19.3 Å². The molecule has 0 bridgehead atoms. The van der Waals surface area contributed by atoms with Gasteiger partial charge in [-0.3, -0.25) is 4.79 Å². The lowest BCUT2D eigenvalue weighted by Crippen LogP contribution is -2.45. The van der Waals surface area contributed by atoms with E-state index in [1.807, 2.05) is 21.1 Å². The van der Waals surface area contributed by atoms with Crippen molar-refractivity contribution in [2.45, 2.75) is 109 Å². The number of quaternary nitrogens is 1. The number of aliphatic hydroxyl groups is 1. The van der Waals surface area contributed by atoms with E-state index < -0.39 is 12.1 Å². The topological polar surface area (TPSA) is 86.7 Å². The molecule has 6 heteroatoms. The maximum atomic E-state index is 12.0. The van der Waals surface area contributed by atoms with Crippen molar-refractivity contribution < 1.29 is 29.0 Å². The number of aliphatic hydroxyl groups excluding tert-OH is 1. The van der Waals surface area contributed by atoms with Gasteiger partial charge in [0.25, 0.3) is 0 Å². The molecular weight excluding hydrogens is 370 g/mol. The Morgan fingerprint density at radius 1 is 0.897 bits per heavy atom. The molecule has 2 atom stereocenters. The number of carbonyl (C=O) groups is 2. The number of nitrogens with zero attached hydrogens (tertiary/aromatic N) is 1. The summed E-state index contributed by atoms with van der Waals surface area (Å²) in [6, 6.07) is 0. The average molecular weight is 416 g/mol. The Bertz CT molecular complexity index is 433. The number of carboxylic acid groups (broad SMARTS) is 1. The molecule has 0 fully saturated rings. The Morgan fingerprint density at radius 3 is 1.93 bits per heavy atom. The SMILES string of the molecule is CCCCCC(O)CCCCCCCCCC(=O)OC(CC(=O)[O-])C[N+](C)(C)C. The zero-order valence-electron chi connectivity index (χ0n) is 19.3. The average Bonchev–Trinajstić information content (AvgIpc) is 2.58. The highest BCUT2D eigenvalue weighted by atomic mass is 16.5. The van der Waals surface area contributed by atoms with E-state index in [-0.39, 0.29) is 18.5 Å². The molecule has 0 radical (unpaired) electrons. The second-order valence-corrected chi connectivity index (χ2v) is 9.32. The maximum absolute atomic E-state index is 12.0. The lowest BCUT2D eigenvalue weighted by molar-refractivity contribution is -0.873. The molecule has 0 aromatic heterocycles. The molecule has 0 saturated carbocycles. The van der Waals surface area contributed by atoms with Crippen LogP contribution in [0.1, 0.15) is 96.8 Å². The van der Waals surface area contributed by atoms with Crippen molar-refractivity contribution in [1.82, 2.24) is 0 Å². The first-order chi connectivity index (χ1) is 13.6. The normalized spacial score (nSPS) is 13.8. The monoisotopic (exact) mass is 415 g/mol. The van der Waals surface area contributed by atoms with Gasteiger partial charge < -0.3 is 24.2 Å². The molecule has 172 valence electrons. The molecule has 29 heavy (non-hydrogen) atoms. The fourth-order valence-corrected chi connectivity index (χ4v) is 3.49. The van der Waals surface area contributed by atoms with Crippen LogP contribution in [0.25, 0.3) is 0 Å². The lowest BCUT2D eigenvalue weighted by atomic mass is 10.0. The second kappa shape index (κ2) is 16.6. The van der Waals surface area contributed by atoms with Crippen molar-refractivity contribution in [2.75, 3.05) is 27.7 Å². The molecular formula is C23H45NO5. The molecule has 0 rings (SSSR count). The van der Waals surface area contributed by atoms with Crippen LogP contribution in [0.15, 0.2) is 0 Å². The molecule has 0 aliphatic carbocycles. The highest BCUT2D eigenvalue weighted by molar-refractivity contribution is 5.70. The van der Waals surface area contributed by atoms with E-state index in [2.05, 4.69) is 6.92 Å². The highest BCUT2D eigenvalue weighted by Crippen LogP contribution is 2.14. The van der Waals surface area contributed by atoms with Gasteiger partial charge in [0.15, 0.2) is 6.10 Å². The molecule has 0 spiro atoms. The second-order valence-electron chi connectivity index (χ2n) is 9.32. The summed E-state index contributed by atoms with van der Waals surface area (Å²) < 4.78 is 5.88. The van der Waals surface area contributed by atoms with Gasteiger partial charge in [-0.1, -0.05) is 64.7 Å². The zero-order valence-corrected chi connectivity index (χ0v) is 19.3. The number of rotatable bonds is 19. The number of hydrogen-bond acceptors (Lipinski definition) is 5. The van der Waals surface area contributed by atoms with Gasteiger partial charge in [-0.15, -0.1) is 0 Å². The van der Waals surface area contributed by atoms with Crippen molar-refractivity contribution in [3.8, 4) is 0 Å². The highest BCUT2D eigenvalue weighted by Gasteiger charge is 2.22. The van der Waals surface area contributed by atoms with Crippen LogP contribution in [-0.2, 0) is 14.3 Å². The van der Waals surface area contributed by atoms with Gasteiger partial charge in [0.2, 0.25) is 0 Å². The van der Waals surface area contributed by atoms with Gasteiger partial charge in [0, 0.05) is 18.8 Å². The van der Waals surface area contributed by atoms with Crippen LogP contribution in [0.4, 0.5) is 0 Å². The molecule has 1 N–H and O–H groups in total. The fraction of sp³-hybridized carbons (Fsp3) is 0.913. The Hall–Kier alpha value is -1.14. The van der Waals surface area contributed by atoms with Gasteiger partial charge in [-0.2, -0.15) is 0 Å². The fourth-order valence-electron chi connectivity index (χ4n) is 3.49. The lowest BCUT2D eigenvalue weighted by Gasteiger charge is -2.29.